The second-order valence-electron chi connectivity index (χ2n) is 5.21. The van der Waals surface area contributed by atoms with Crippen molar-refractivity contribution in [2.45, 2.75) is 19.4 Å². The molecule has 3 aromatic rings. The average Bonchev–Trinajstić information content (AvgIpc) is 3.02. The molecule has 0 aliphatic rings. The minimum Gasteiger partial charge on any atom is -0.344 e. The van der Waals surface area contributed by atoms with Gasteiger partial charge in [-0.3, -0.25) is 9.20 Å². The standard InChI is InChI=1S/C18H18N4O/c1-2-15(16-13-22-12-6-11-19-18(22)21-16)20-17(23)10-9-14-7-4-3-5-8-14/h3-13,15H,2H2,1H3,(H,20,23)/b10-9+. The van der Waals surface area contributed by atoms with Crippen LogP contribution in [0.2, 0.25) is 0 Å². The average molecular weight is 306 g/mol. The van der Waals surface area contributed by atoms with Gasteiger partial charge in [0.2, 0.25) is 11.7 Å². The first kappa shape index (κ1) is 15.0. The topological polar surface area (TPSA) is 59.3 Å². The fourth-order valence-electron chi connectivity index (χ4n) is 2.36. The van der Waals surface area contributed by atoms with Crippen LogP contribution in [0.3, 0.4) is 0 Å². The van der Waals surface area contributed by atoms with Gasteiger partial charge in [-0.05, 0) is 24.1 Å². The number of aromatic nitrogens is 3. The zero-order valence-electron chi connectivity index (χ0n) is 12.9. The van der Waals surface area contributed by atoms with Crippen molar-refractivity contribution in [2.24, 2.45) is 0 Å². The minimum absolute atomic E-state index is 0.134. The smallest absolute Gasteiger partial charge is 0.244 e. The van der Waals surface area contributed by atoms with Crippen LogP contribution < -0.4 is 5.32 Å². The molecule has 0 saturated carbocycles. The van der Waals surface area contributed by atoms with Crippen LogP contribution in [0.25, 0.3) is 11.9 Å². The maximum atomic E-state index is 12.1. The Hall–Kier alpha value is -2.95. The number of nitrogens with zero attached hydrogens (tertiary/aromatic N) is 3. The highest BCUT2D eigenvalue weighted by Gasteiger charge is 2.15. The van der Waals surface area contributed by atoms with Crippen LogP contribution in [0.1, 0.15) is 30.6 Å². The molecule has 0 radical (unpaired) electrons. The molecule has 0 aliphatic carbocycles. The monoisotopic (exact) mass is 306 g/mol. The summed E-state index contributed by atoms with van der Waals surface area (Å²) in [6, 6.07) is 11.4. The normalized spacial score (nSPS) is 12.6. The van der Waals surface area contributed by atoms with Gasteiger partial charge in [0, 0.05) is 24.7 Å². The van der Waals surface area contributed by atoms with Crippen LogP contribution in [-0.2, 0) is 4.79 Å². The predicted molar refractivity (Wildman–Crippen MR) is 89.6 cm³/mol. The molecule has 23 heavy (non-hydrogen) atoms. The van der Waals surface area contributed by atoms with E-state index in [0.717, 1.165) is 17.7 Å². The maximum absolute atomic E-state index is 12.1. The Morgan fingerprint density at radius 3 is 2.87 bits per heavy atom. The number of hydrogen-bond donors (Lipinski definition) is 1. The van der Waals surface area contributed by atoms with E-state index >= 15 is 0 Å². The molecule has 0 fully saturated rings. The number of carbonyl (C=O) groups excluding carboxylic acids is 1. The van der Waals surface area contributed by atoms with E-state index in [1.807, 2.05) is 60.1 Å². The molecule has 3 rings (SSSR count). The van der Waals surface area contributed by atoms with E-state index in [-0.39, 0.29) is 11.9 Å². The Labute approximate surface area is 134 Å². The SMILES string of the molecule is CCC(NC(=O)/C=C/c1ccccc1)c1cn2cccnc2n1. The number of rotatable bonds is 5. The predicted octanol–water partition coefficient (Wildman–Crippen LogP) is 3.01. The van der Waals surface area contributed by atoms with Crippen molar-refractivity contribution < 1.29 is 4.79 Å². The zero-order chi connectivity index (χ0) is 16.1. The van der Waals surface area contributed by atoms with Gasteiger partial charge in [0.1, 0.15) is 0 Å². The van der Waals surface area contributed by atoms with Crippen molar-refractivity contribution in [2.75, 3.05) is 0 Å². The molecule has 0 aliphatic heterocycles. The maximum Gasteiger partial charge on any atom is 0.244 e. The summed E-state index contributed by atoms with van der Waals surface area (Å²) in [5, 5.41) is 2.98. The molecular formula is C18H18N4O. The van der Waals surface area contributed by atoms with Crippen molar-refractivity contribution >= 4 is 17.8 Å². The third-order valence-electron chi connectivity index (χ3n) is 3.56. The minimum atomic E-state index is -0.135. The second kappa shape index (κ2) is 6.87. The number of benzene rings is 1. The summed E-state index contributed by atoms with van der Waals surface area (Å²) in [6.45, 7) is 2.02. The van der Waals surface area contributed by atoms with E-state index in [1.54, 1.807) is 18.3 Å². The third kappa shape index (κ3) is 3.63. The van der Waals surface area contributed by atoms with E-state index in [4.69, 9.17) is 0 Å². The Morgan fingerprint density at radius 2 is 2.13 bits per heavy atom. The van der Waals surface area contributed by atoms with Gasteiger partial charge in [-0.15, -0.1) is 0 Å². The fraction of sp³-hybridized carbons (Fsp3) is 0.167. The molecule has 0 bridgehead atoms. The van der Waals surface area contributed by atoms with Crippen molar-refractivity contribution in [3.8, 4) is 0 Å². The zero-order valence-corrected chi connectivity index (χ0v) is 12.9. The van der Waals surface area contributed by atoms with Crippen LogP contribution >= 0.6 is 0 Å². The molecule has 2 heterocycles. The molecule has 0 saturated heterocycles. The van der Waals surface area contributed by atoms with Crippen molar-refractivity contribution in [1.29, 1.82) is 0 Å². The van der Waals surface area contributed by atoms with Crippen LogP contribution in [-0.4, -0.2) is 20.3 Å². The van der Waals surface area contributed by atoms with E-state index in [2.05, 4.69) is 15.3 Å². The lowest BCUT2D eigenvalue weighted by Gasteiger charge is -2.12. The van der Waals surface area contributed by atoms with Gasteiger partial charge in [-0.25, -0.2) is 9.97 Å². The first-order valence-corrected chi connectivity index (χ1v) is 7.59. The van der Waals surface area contributed by atoms with Crippen molar-refractivity contribution in [3.63, 3.8) is 0 Å². The summed E-state index contributed by atoms with van der Waals surface area (Å²) in [5.41, 5.74) is 1.81. The lowest BCUT2D eigenvalue weighted by Crippen LogP contribution is -2.26. The molecular weight excluding hydrogens is 288 g/mol. The Balaban J connectivity index is 1.71. The third-order valence-corrected chi connectivity index (χ3v) is 3.56. The van der Waals surface area contributed by atoms with E-state index in [1.165, 1.54) is 0 Å². The van der Waals surface area contributed by atoms with Crippen LogP contribution in [0, 0.1) is 0 Å². The highest BCUT2D eigenvalue weighted by Crippen LogP contribution is 2.15. The van der Waals surface area contributed by atoms with Gasteiger partial charge in [0.05, 0.1) is 11.7 Å². The molecule has 1 atom stereocenters. The lowest BCUT2D eigenvalue weighted by molar-refractivity contribution is -0.117. The largest absolute Gasteiger partial charge is 0.344 e. The number of fused-ring (bicyclic) bond motifs is 1. The molecule has 1 N–H and O–H groups in total. The number of hydrogen-bond acceptors (Lipinski definition) is 3. The van der Waals surface area contributed by atoms with Gasteiger partial charge < -0.3 is 5.32 Å². The second-order valence-corrected chi connectivity index (χ2v) is 5.21. The molecule has 0 spiro atoms. The summed E-state index contributed by atoms with van der Waals surface area (Å²) < 4.78 is 1.85. The van der Waals surface area contributed by atoms with Gasteiger partial charge in [-0.2, -0.15) is 0 Å². The number of carbonyl (C=O) groups is 1. The highest BCUT2D eigenvalue weighted by molar-refractivity contribution is 5.91. The summed E-state index contributed by atoms with van der Waals surface area (Å²) >= 11 is 0. The van der Waals surface area contributed by atoms with E-state index in [9.17, 15) is 4.79 Å². The summed E-state index contributed by atoms with van der Waals surface area (Å²) in [5.74, 6) is 0.501. The van der Waals surface area contributed by atoms with E-state index < -0.39 is 0 Å². The summed E-state index contributed by atoms with van der Waals surface area (Å²) in [7, 11) is 0. The van der Waals surface area contributed by atoms with Crippen molar-refractivity contribution in [1.82, 2.24) is 19.7 Å². The Bertz CT molecular complexity index is 790. The number of nitrogens with one attached hydrogen (secondary N) is 1. The van der Waals surface area contributed by atoms with Gasteiger partial charge in [0.25, 0.3) is 0 Å². The first-order valence-electron chi connectivity index (χ1n) is 7.59. The molecule has 116 valence electrons. The van der Waals surface area contributed by atoms with E-state index in [0.29, 0.717) is 5.78 Å². The molecule has 5 heteroatoms. The van der Waals surface area contributed by atoms with Gasteiger partial charge in [-0.1, -0.05) is 37.3 Å². The Kier molecular flexibility index (Phi) is 4.47. The summed E-state index contributed by atoms with van der Waals surface area (Å²) in [6.07, 6.45) is 9.60. The summed E-state index contributed by atoms with van der Waals surface area (Å²) in [4.78, 5) is 20.8. The van der Waals surface area contributed by atoms with Crippen LogP contribution in [0.15, 0.2) is 61.1 Å². The molecule has 1 unspecified atom stereocenters. The lowest BCUT2D eigenvalue weighted by atomic mass is 10.1. The number of imidazole rings is 1. The van der Waals surface area contributed by atoms with Crippen molar-refractivity contribution in [3.05, 3.63) is 72.3 Å². The van der Waals surface area contributed by atoms with Gasteiger partial charge >= 0.3 is 0 Å². The first-order chi connectivity index (χ1) is 11.3. The fourth-order valence-corrected chi connectivity index (χ4v) is 2.36. The molecule has 2 aromatic heterocycles. The highest BCUT2D eigenvalue weighted by atomic mass is 16.1. The number of amides is 1. The molecule has 5 nitrogen and oxygen atoms in total. The van der Waals surface area contributed by atoms with Gasteiger partial charge in [0.15, 0.2) is 0 Å². The molecule has 1 aromatic carbocycles. The molecule has 1 amide bonds. The Morgan fingerprint density at radius 1 is 1.30 bits per heavy atom. The van der Waals surface area contributed by atoms with Crippen LogP contribution in [0.4, 0.5) is 0 Å². The quantitative estimate of drug-likeness (QED) is 0.737. The van der Waals surface area contributed by atoms with Crippen LogP contribution in [0.5, 0.6) is 0 Å².